The van der Waals surface area contributed by atoms with Crippen molar-refractivity contribution in [3.8, 4) is 0 Å². The minimum atomic E-state index is -0.0128. The van der Waals surface area contributed by atoms with E-state index in [1.807, 2.05) is 11.8 Å². The average molecular weight is 263 g/mol. The first kappa shape index (κ1) is 12.7. The first-order chi connectivity index (χ1) is 9.22. The predicted molar refractivity (Wildman–Crippen MR) is 70.9 cm³/mol. The molecule has 0 bridgehead atoms. The maximum Gasteiger partial charge on any atom is 0.292 e. The molecule has 1 aliphatic carbocycles. The highest BCUT2D eigenvalue weighted by atomic mass is 16.5. The number of rotatable bonds is 5. The second-order valence-corrected chi connectivity index (χ2v) is 5.78. The van der Waals surface area contributed by atoms with Crippen LogP contribution >= 0.6 is 0 Å². The quantitative estimate of drug-likeness (QED) is 0.876. The van der Waals surface area contributed by atoms with Gasteiger partial charge in [-0.3, -0.25) is 4.79 Å². The van der Waals surface area contributed by atoms with Gasteiger partial charge in [0.15, 0.2) is 0 Å². The van der Waals surface area contributed by atoms with Crippen molar-refractivity contribution >= 4 is 5.91 Å². The highest BCUT2D eigenvalue weighted by Gasteiger charge is 2.30. The molecule has 1 amide bonds. The van der Waals surface area contributed by atoms with Crippen LogP contribution < -0.4 is 5.32 Å². The molecule has 1 aromatic heterocycles. The van der Waals surface area contributed by atoms with E-state index in [0.717, 1.165) is 31.7 Å². The average Bonchev–Trinajstić information content (AvgIpc) is 2.89. The number of nitrogens with zero attached hydrogens (tertiary/aromatic N) is 2. The molecule has 2 heterocycles. The van der Waals surface area contributed by atoms with E-state index in [2.05, 4.69) is 10.5 Å². The zero-order valence-corrected chi connectivity index (χ0v) is 11.4. The Hall–Kier alpha value is -1.36. The molecule has 3 rings (SSSR count). The smallest absolute Gasteiger partial charge is 0.292 e. The highest BCUT2D eigenvalue weighted by molar-refractivity contribution is 5.91. The zero-order chi connectivity index (χ0) is 13.2. The number of hydrogen-bond donors (Lipinski definition) is 1. The molecule has 0 spiro atoms. The molecular formula is C14H21N3O2. The molecule has 2 fully saturated rings. The van der Waals surface area contributed by atoms with Crippen LogP contribution in [0.2, 0.25) is 0 Å². The molecule has 19 heavy (non-hydrogen) atoms. The van der Waals surface area contributed by atoms with Crippen LogP contribution in [0.15, 0.2) is 10.6 Å². The molecule has 1 saturated heterocycles. The minimum Gasteiger partial charge on any atom is -0.351 e. The first-order valence-corrected chi connectivity index (χ1v) is 7.18. The molecule has 0 radical (unpaired) electrons. The Morgan fingerprint density at radius 2 is 2.32 bits per heavy atom. The lowest BCUT2D eigenvalue weighted by Crippen LogP contribution is -2.42. The fourth-order valence-corrected chi connectivity index (χ4v) is 2.65. The lowest BCUT2D eigenvalue weighted by Gasteiger charge is -2.24. The van der Waals surface area contributed by atoms with Crippen LogP contribution in [0.1, 0.15) is 41.9 Å². The van der Waals surface area contributed by atoms with Crippen LogP contribution in [0.5, 0.6) is 0 Å². The number of nitrogens with one attached hydrogen (secondary N) is 1. The van der Waals surface area contributed by atoms with Gasteiger partial charge in [0.2, 0.25) is 5.76 Å². The van der Waals surface area contributed by atoms with Gasteiger partial charge in [-0.15, -0.1) is 0 Å². The lowest BCUT2D eigenvalue weighted by molar-refractivity contribution is 0.0691. The number of carbonyl (C=O) groups excluding carboxylic acids is 1. The lowest BCUT2D eigenvalue weighted by atomic mass is 10.2. The van der Waals surface area contributed by atoms with Crippen LogP contribution in [0.4, 0.5) is 0 Å². The number of amides is 1. The Bertz CT molecular complexity index is 447. The molecule has 0 aromatic carbocycles. The molecule has 1 saturated carbocycles. The van der Waals surface area contributed by atoms with Gasteiger partial charge < -0.3 is 14.7 Å². The summed E-state index contributed by atoms with van der Waals surface area (Å²) in [5.74, 6) is 1.05. The second kappa shape index (κ2) is 5.33. The maximum absolute atomic E-state index is 12.5. The number of aryl methyl sites for hydroxylation is 1. The molecule has 1 aliphatic heterocycles. The van der Waals surface area contributed by atoms with E-state index >= 15 is 0 Å². The summed E-state index contributed by atoms with van der Waals surface area (Å²) in [5.41, 5.74) is 0.758. The van der Waals surface area contributed by atoms with E-state index < -0.39 is 0 Å². The molecule has 2 aliphatic rings. The van der Waals surface area contributed by atoms with E-state index in [0.29, 0.717) is 17.7 Å². The summed E-state index contributed by atoms with van der Waals surface area (Å²) in [6, 6.07) is 2.16. The van der Waals surface area contributed by atoms with Gasteiger partial charge >= 0.3 is 0 Å². The van der Waals surface area contributed by atoms with Crippen LogP contribution in [0.3, 0.4) is 0 Å². The van der Waals surface area contributed by atoms with Crippen LogP contribution in [0, 0.1) is 12.8 Å². The second-order valence-electron chi connectivity index (χ2n) is 5.78. The van der Waals surface area contributed by atoms with Gasteiger partial charge in [-0.05, 0) is 45.1 Å². The standard InChI is InChI=1S/C14H21N3O2/c1-10-7-13(19-16-10)14(18)17(8-11-4-5-11)9-12-3-2-6-15-12/h7,11-12,15H,2-6,8-9H2,1H3. The zero-order valence-electron chi connectivity index (χ0n) is 11.4. The van der Waals surface area contributed by atoms with E-state index in [1.165, 1.54) is 19.3 Å². The minimum absolute atomic E-state index is 0.0128. The van der Waals surface area contributed by atoms with Gasteiger partial charge in [-0.1, -0.05) is 5.16 Å². The van der Waals surface area contributed by atoms with Gasteiger partial charge in [-0.25, -0.2) is 0 Å². The summed E-state index contributed by atoms with van der Waals surface area (Å²) in [5, 5.41) is 7.26. The van der Waals surface area contributed by atoms with Crippen molar-refractivity contribution in [1.82, 2.24) is 15.4 Å². The molecule has 1 aromatic rings. The SMILES string of the molecule is Cc1cc(C(=O)N(CC2CC2)CC2CCCN2)on1. The van der Waals surface area contributed by atoms with Crippen molar-refractivity contribution in [3.63, 3.8) is 0 Å². The van der Waals surface area contributed by atoms with E-state index in [-0.39, 0.29) is 5.91 Å². The predicted octanol–water partition coefficient (Wildman–Crippen LogP) is 1.59. The van der Waals surface area contributed by atoms with E-state index in [1.54, 1.807) is 6.07 Å². The van der Waals surface area contributed by atoms with Gasteiger partial charge in [0.05, 0.1) is 5.69 Å². The van der Waals surface area contributed by atoms with Crippen molar-refractivity contribution in [2.75, 3.05) is 19.6 Å². The summed E-state index contributed by atoms with van der Waals surface area (Å²) < 4.78 is 5.11. The van der Waals surface area contributed by atoms with Crippen molar-refractivity contribution < 1.29 is 9.32 Å². The topological polar surface area (TPSA) is 58.4 Å². The van der Waals surface area contributed by atoms with Crippen molar-refractivity contribution in [3.05, 3.63) is 17.5 Å². The summed E-state index contributed by atoms with van der Waals surface area (Å²) in [7, 11) is 0. The molecule has 1 atom stereocenters. The van der Waals surface area contributed by atoms with E-state index in [4.69, 9.17) is 4.52 Å². The van der Waals surface area contributed by atoms with Crippen molar-refractivity contribution in [1.29, 1.82) is 0 Å². The maximum atomic E-state index is 12.5. The summed E-state index contributed by atoms with van der Waals surface area (Å²) in [6.07, 6.45) is 4.86. The van der Waals surface area contributed by atoms with Crippen LogP contribution in [-0.4, -0.2) is 41.6 Å². The van der Waals surface area contributed by atoms with Crippen molar-refractivity contribution in [2.45, 2.75) is 38.6 Å². The third-order valence-electron chi connectivity index (χ3n) is 3.90. The van der Waals surface area contributed by atoms with Crippen LogP contribution in [-0.2, 0) is 0 Å². The number of hydrogen-bond acceptors (Lipinski definition) is 4. The van der Waals surface area contributed by atoms with E-state index in [9.17, 15) is 4.79 Å². The molecule has 1 unspecified atom stereocenters. The summed E-state index contributed by atoms with van der Waals surface area (Å²) >= 11 is 0. The van der Waals surface area contributed by atoms with Gasteiger partial charge in [0.1, 0.15) is 0 Å². The molecular weight excluding hydrogens is 242 g/mol. The fraction of sp³-hybridized carbons (Fsp3) is 0.714. The third kappa shape index (κ3) is 3.15. The Morgan fingerprint density at radius 1 is 1.47 bits per heavy atom. The Kier molecular flexibility index (Phi) is 3.55. The Labute approximate surface area is 113 Å². The van der Waals surface area contributed by atoms with Gasteiger partial charge in [0.25, 0.3) is 5.91 Å². The molecule has 104 valence electrons. The number of carbonyl (C=O) groups is 1. The van der Waals surface area contributed by atoms with Gasteiger partial charge in [0, 0.05) is 25.2 Å². The summed E-state index contributed by atoms with van der Waals surface area (Å²) in [6.45, 7) is 4.55. The molecule has 1 N–H and O–H groups in total. The largest absolute Gasteiger partial charge is 0.351 e. The Morgan fingerprint density at radius 3 is 2.89 bits per heavy atom. The van der Waals surface area contributed by atoms with Gasteiger partial charge in [-0.2, -0.15) is 0 Å². The van der Waals surface area contributed by atoms with Crippen LogP contribution in [0.25, 0.3) is 0 Å². The Balaban J connectivity index is 1.67. The molecule has 5 heteroatoms. The monoisotopic (exact) mass is 263 g/mol. The fourth-order valence-electron chi connectivity index (χ4n) is 2.65. The highest BCUT2D eigenvalue weighted by Crippen LogP contribution is 2.30. The normalized spacial score (nSPS) is 22.7. The molecule has 5 nitrogen and oxygen atoms in total. The van der Waals surface area contributed by atoms with Crippen molar-refractivity contribution in [2.24, 2.45) is 5.92 Å². The summed E-state index contributed by atoms with van der Waals surface area (Å²) in [4.78, 5) is 14.4. The first-order valence-electron chi connectivity index (χ1n) is 7.18. The third-order valence-corrected chi connectivity index (χ3v) is 3.90. The number of aromatic nitrogens is 1.